The molecule has 2 nitrogen and oxygen atoms in total. The van der Waals surface area contributed by atoms with E-state index in [2.05, 4.69) is 0 Å². The van der Waals surface area contributed by atoms with Gasteiger partial charge in [-0.15, -0.1) is 0 Å². The first-order chi connectivity index (χ1) is 6.27. The van der Waals surface area contributed by atoms with Crippen molar-refractivity contribution in [3.63, 3.8) is 0 Å². The van der Waals surface area contributed by atoms with Crippen LogP contribution in [0.2, 0.25) is 0 Å². The highest BCUT2D eigenvalue weighted by molar-refractivity contribution is 4.89. The van der Waals surface area contributed by atoms with Crippen molar-refractivity contribution >= 4 is 0 Å². The van der Waals surface area contributed by atoms with Gasteiger partial charge in [0.05, 0.1) is 19.3 Å². The van der Waals surface area contributed by atoms with Crippen molar-refractivity contribution in [2.45, 2.75) is 37.8 Å². The minimum absolute atomic E-state index is 0.0788. The van der Waals surface area contributed by atoms with Crippen molar-refractivity contribution in [2.75, 3.05) is 19.7 Å². The zero-order chi connectivity index (χ0) is 9.26. The summed E-state index contributed by atoms with van der Waals surface area (Å²) in [6.07, 6.45) is 1.21. The number of morpholine rings is 1. The summed E-state index contributed by atoms with van der Waals surface area (Å²) in [6.45, 7) is 1.21. The van der Waals surface area contributed by atoms with Crippen LogP contribution in [-0.4, -0.2) is 43.2 Å². The minimum atomic E-state index is -2.21. The Balaban J connectivity index is 1.93. The molecule has 2 fully saturated rings. The van der Waals surface area contributed by atoms with Crippen molar-refractivity contribution in [3.05, 3.63) is 0 Å². The second-order valence-corrected chi connectivity index (χ2v) is 3.79. The van der Waals surface area contributed by atoms with E-state index >= 15 is 0 Å². The Kier molecular flexibility index (Phi) is 2.79. The van der Waals surface area contributed by atoms with E-state index in [1.54, 1.807) is 0 Å². The standard InChI is InChI=1S/C9H15F2NO/c10-9(11)6-12-4-5-13-8-3-1-2-7(8)12/h7-9H,1-6H2/t7-,8+/m1/s1. The average molecular weight is 191 g/mol. The van der Waals surface area contributed by atoms with Crippen LogP contribution in [-0.2, 0) is 4.74 Å². The Morgan fingerprint density at radius 2 is 2.23 bits per heavy atom. The van der Waals surface area contributed by atoms with E-state index in [0.29, 0.717) is 13.2 Å². The van der Waals surface area contributed by atoms with Crippen molar-refractivity contribution in [2.24, 2.45) is 0 Å². The summed E-state index contributed by atoms with van der Waals surface area (Å²) in [7, 11) is 0. The summed E-state index contributed by atoms with van der Waals surface area (Å²) in [5.41, 5.74) is 0. The fraction of sp³-hybridized carbons (Fsp3) is 1.00. The maximum atomic E-state index is 12.2. The molecule has 1 heterocycles. The number of fused-ring (bicyclic) bond motifs is 1. The third-order valence-electron chi connectivity index (χ3n) is 2.97. The number of nitrogens with zero attached hydrogens (tertiary/aromatic N) is 1. The monoisotopic (exact) mass is 191 g/mol. The molecule has 0 unspecified atom stereocenters. The minimum Gasteiger partial charge on any atom is -0.375 e. The van der Waals surface area contributed by atoms with Gasteiger partial charge in [0.2, 0.25) is 0 Å². The molecule has 1 aliphatic carbocycles. The molecule has 0 spiro atoms. The van der Waals surface area contributed by atoms with Gasteiger partial charge in [0, 0.05) is 12.6 Å². The number of hydrogen-bond donors (Lipinski definition) is 0. The van der Waals surface area contributed by atoms with E-state index in [9.17, 15) is 8.78 Å². The highest BCUT2D eigenvalue weighted by atomic mass is 19.3. The van der Waals surface area contributed by atoms with Crippen LogP contribution in [0.4, 0.5) is 8.78 Å². The lowest BCUT2D eigenvalue weighted by atomic mass is 10.1. The first-order valence-corrected chi connectivity index (χ1v) is 4.91. The van der Waals surface area contributed by atoms with Crippen LogP contribution in [0.5, 0.6) is 0 Å². The molecule has 2 rings (SSSR count). The van der Waals surface area contributed by atoms with E-state index in [4.69, 9.17) is 4.74 Å². The number of hydrogen-bond acceptors (Lipinski definition) is 2. The zero-order valence-corrected chi connectivity index (χ0v) is 7.59. The normalized spacial score (nSPS) is 35.3. The van der Waals surface area contributed by atoms with Crippen molar-refractivity contribution in [1.29, 1.82) is 0 Å². The van der Waals surface area contributed by atoms with Gasteiger partial charge in [-0.25, -0.2) is 8.78 Å². The molecule has 0 amide bonds. The van der Waals surface area contributed by atoms with E-state index in [1.165, 1.54) is 0 Å². The van der Waals surface area contributed by atoms with Gasteiger partial charge in [0.25, 0.3) is 6.43 Å². The molecule has 4 heteroatoms. The molecule has 1 saturated heterocycles. The average Bonchev–Trinajstić information content (AvgIpc) is 2.51. The van der Waals surface area contributed by atoms with Crippen LogP contribution in [0.15, 0.2) is 0 Å². The van der Waals surface area contributed by atoms with Crippen LogP contribution < -0.4 is 0 Å². The quantitative estimate of drug-likeness (QED) is 0.656. The van der Waals surface area contributed by atoms with Gasteiger partial charge in [-0.3, -0.25) is 4.90 Å². The Labute approximate surface area is 76.9 Å². The summed E-state index contributed by atoms with van der Waals surface area (Å²) in [4.78, 5) is 1.89. The molecule has 76 valence electrons. The molecular formula is C9H15F2NO. The number of rotatable bonds is 2. The van der Waals surface area contributed by atoms with E-state index in [-0.39, 0.29) is 18.7 Å². The molecule has 13 heavy (non-hydrogen) atoms. The third kappa shape index (κ3) is 1.99. The fourth-order valence-electron chi connectivity index (χ4n) is 2.41. The first kappa shape index (κ1) is 9.34. The van der Waals surface area contributed by atoms with Crippen LogP contribution >= 0.6 is 0 Å². The van der Waals surface area contributed by atoms with E-state index < -0.39 is 6.43 Å². The smallest absolute Gasteiger partial charge is 0.251 e. The van der Waals surface area contributed by atoms with Gasteiger partial charge >= 0.3 is 0 Å². The molecule has 0 aromatic heterocycles. The summed E-state index contributed by atoms with van der Waals surface area (Å²) in [5.74, 6) is 0. The predicted octanol–water partition coefficient (Wildman–Crippen LogP) is 1.50. The molecule has 0 bridgehead atoms. The van der Waals surface area contributed by atoms with Gasteiger partial charge < -0.3 is 4.74 Å². The van der Waals surface area contributed by atoms with Crippen LogP contribution in [0.1, 0.15) is 19.3 Å². The first-order valence-electron chi connectivity index (χ1n) is 4.91. The molecule has 1 aliphatic heterocycles. The van der Waals surface area contributed by atoms with Crippen LogP contribution in [0.25, 0.3) is 0 Å². The number of halogens is 2. The maximum absolute atomic E-state index is 12.2. The molecule has 1 saturated carbocycles. The number of ether oxygens (including phenoxy) is 1. The molecule has 0 aromatic carbocycles. The lowest BCUT2D eigenvalue weighted by Gasteiger charge is -2.37. The Hall–Kier alpha value is -0.220. The Bertz CT molecular complexity index is 177. The van der Waals surface area contributed by atoms with Crippen LogP contribution in [0.3, 0.4) is 0 Å². The fourth-order valence-corrected chi connectivity index (χ4v) is 2.41. The van der Waals surface area contributed by atoms with Crippen LogP contribution in [0, 0.1) is 0 Å². The second kappa shape index (κ2) is 3.88. The molecule has 0 N–H and O–H groups in total. The molecule has 2 atom stereocenters. The summed E-state index contributed by atoms with van der Waals surface area (Å²) < 4.78 is 29.9. The van der Waals surface area contributed by atoms with Crippen molar-refractivity contribution < 1.29 is 13.5 Å². The van der Waals surface area contributed by atoms with E-state index in [1.807, 2.05) is 4.90 Å². The van der Waals surface area contributed by atoms with Crippen molar-refractivity contribution in [1.82, 2.24) is 4.90 Å². The lowest BCUT2D eigenvalue weighted by Crippen LogP contribution is -2.50. The molecule has 2 aliphatic rings. The highest BCUT2D eigenvalue weighted by Crippen LogP contribution is 2.29. The maximum Gasteiger partial charge on any atom is 0.251 e. The van der Waals surface area contributed by atoms with Crippen molar-refractivity contribution in [3.8, 4) is 0 Å². The van der Waals surface area contributed by atoms with E-state index in [0.717, 1.165) is 19.3 Å². The topological polar surface area (TPSA) is 12.5 Å². The van der Waals surface area contributed by atoms with Gasteiger partial charge in [-0.2, -0.15) is 0 Å². The van der Waals surface area contributed by atoms with Gasteiger partial charge in [-0.05, 0) is 19.3 Å². The van der Waals surface area contributed by atoms with Gasteiger partial charge in [0.15, 0.2) is 0 Å². The van der Waals surface area contributed by atoms with Gasteiger partial charge in [-0.1, -0.05) is 0 Å². The molecule has 0 aromatic rings. The summed E-state index contributed by atoms with van der Waals surface area (Å²) in [5, 5.41) is 0. The number of alkyl halides is 2. The third-order valence-corrected chi connectivity index (χ3v) is 2.97. The Morgan fingerprint density at radius 1 is 1.38 bits per heavy atom. The predicted molar refractivity (Wildman–Crippen MR) is 45.0 cm³/mol. The summed E-state index contributed by atoms with van der Waals surface area (Å²) in [6, 6.07) is 0.266. The second-order valence-electron chi connectivity index (χ2n) is 3.79. The Morgan fingerprint density at radius 3 is 3.00 bits per heavy atom. The summed E-state index contributed by atoms with van der Waals surface area (Å²) >= 11 is 0. The largest absolute Gasteiger partial charge is 0.375 e. The highest BCUT2D eigenvalue weighted by Gasteiger charge is 2.36. The lowest BCUT2D eigenvalue weighted by molar-refractivity contribution is -0.0709. The SMILES string of the molecule is FC(F)CN1CCO[C@H]2CCC[C@H]21. The van der Waals surface area contributed by atoms with Gasteiger partial charge in [0.1, 0.15) is 0 Å². The zero-order valence-electron chi connectivity index (χ0n) is 7.59. The molecule has 0 radical (unpaired) electrons. The molecular weight excluding hydrogens is 176 g/mol.